The summed E-state index contributed by atoms with van der Waals surface area (Å²) in [4.78, 5) is 41.9. The Morgan fingerprint density at radius 2 is 1.69 bits per heavy atom. The average Bonchev–Trinajstić information content (AvgIpc) is 3.24. The van der Waals surface area contributed by atoms with Gasteiger partial charge in [-0.3, -0.25) is 14.6 Å². The number of esters is 2. The number of methoxy groups -OCH3 is 1. The largest absolute Gasteiger partial charge is 0.465 e. The van der Waals surface area contributed by atoms with Crippen molar-refractivity contribution in [1.29, 1.82) is 0 Å². The lowest BCUT2D eigenvalue weighted by molar-refractivity contribution is -0.154. The molecule has 3 aromatic rings. The first-order chi connectivity index (χ1) is 18.6. The number of amides is 1. The summed E-state index contributed by atoms with van der Waals surface area (Å²) in [7, 11) is 1.32. The van der Waals surface area contributed by atoms with Crippen LogP contribution in [0.25, 0.3) is 0 Å². The number of nitrogens with zero attached hydrogens (tertiary/aromatic N) is 1. The first-order valence-corrected chi connectivity index (χ1v) is 12.8. The number of nitrogens with one attached hydrogen (secondary N) is 2. The third-order valence-corrected chi connectivity index (χ3v) is 6.09. The Labute approximate surface area is 228 Å². The average molecular weight is 528 g/mol. The van der Waals surface area contributed by atoms with E-state index < -0.39 is 17.5 Å². The molecule has 39 heavy (non-hydrogen) atoms. The third kappa shape index (κ3) is 7.18. The molecule has 1 aliphatic heterocycles. The van der Waals surface area contributed by atoms with Crippen LogP contribution in [0.5, 0.6) is 0 Å². The van der Waals surface area contributed by atoms with Gasteiger partial charge < -0.3 is 20.1 Å². The molecular formula is C31H33N3O5. The van der Waals surface area contributed by atoms with Crippen LogP contribution >= 0.6 is 0 Å². The maximum atomic E-state index is 13.2. The fourth-order valence-electron chi connectivity index (χ4n) is 4.33. The van der Waals surface area contributed by atoms with Crippen LogP contribution in [-0.2, 0) is 25.6 Å². The van der Waals surface area contributed by atoms with Crippen LogP contribution in [0.1, 0.15) is 60.2 Å². The van der Waals surface area contributed by atoms with Gasteiger partial charge >= 0.3 is 11.9 Å². The van der Waals surface area contributed by atoms with E-state index in [1.807, 2.05) is 75.4 Å². The number of hydrogen-bond donors (Lipinski definition) is 2. The Kier molecular flexibility index (Phi) is 8.56. The Bertz CT molecular complexity index is 1380. The van der Waals surface area contributed by atoms with Gasteiger partial charge in [0, 0.05) is 18.8 Å². The quantitative estimate of drug-likeness (QED) is 0.226. The molecule has 0 radical (unpaired) electrons. The topological polar surface area (TPSA) is 106 Å². The Hall–Kier alpha value is -4.30. The molecule has 0 saturated heterocycles. The number of carbonyl (C=O) groups excluding carboxylic acids is 3. The van der Waals surface area contributed by atoms with Gasteiger partial charge in [0.2, 0.25) is 5.91 Å². The summed E-state index contributed by atoms with van der Waals surface area (Å²) in [5.74, 6) is -1.54. The molecule has 2 N–H and O–H groups in total. The number of aliphatic imine (C=N–C) groups is 1. The molecule has 0 fully saturated rings. The highest BCUT2D eigenvalue weighted by atomic mass is 16.6. The highest BCUT2D eigenvalue weighted by molar-refractivity contribution is 6.24. The zero-order valence-electron chi connectivity index (χ0n) is 22.6. The number of carbonyl (C=O) groups is 3. The lowest BCUT2D eigenvalue weighted by Gasteiger charge is -2.19. The fraction of sp³-hybridized carbons (Fsp3) is 0.290. The van der Waals surface area contributed by atoms with Crippen LogP contribution in [0.3, 0.4) is 0 Å². The molecule has 1 aliphatic rings. The van der Waals surface area contributed by atoms with Gasteiger partial charge in [-0.2, -0.15) is 0 Å². The summed E-state index contributed by atoms with van der Waals surface area (Å²) in [6.07, 6.45) is 0.298. The highest BCUT2D eigenvalue weighted by Gasteiger charge is 2.36. The minimum absolute atomic E-state index is 0.208. The number of hydrogen-bond acceptors (Lipinski definition) is 7. The van der Waals surface area contributed by atoms with Crippen molar-refractivity contribution in [2.75, 3.05) is 19.0 Å². The molecule has 1 atom stereocenters. The molecule has 0 bridgehead atoms. The van der Waals surface area contributed by atoms with Crippen LogP contribution in [0.4, 0.5) is 11.4 Å². The van der Waals surface area contributed by atoms with Crippen molar-refractivity contribution in [2.45, 2.75) is 45.3 Å². The molecule has 8 heteroatoms. The van der Waals surface area contributed by atoms with Gasteiger partial charge in [0.05, 0.1) is 30.5 Å². The molecule has 0 aromatic heterocycles. The molecule has 0 aliphatic carbocycles. The number of fused-ring (bicyclic) bond motifs is 1. The first-order valence-electron chi connectivity index (χ1n) is 12.8. The number of ether oxygens (including phenoxy) is 2. The van der Waals surface area contributed by atoms with Gasteiger partial charge in [-0.05, 0) is 61.7 Å². The molecule has 0 saturated carbocycles. The van der Waals surface area contributed by atoms with E-state index in [0.29, 0.717) is 42.2 Å². The molecule has 3 aromatic carbocycles. The first kappa shape index (κ1) is 27.7. The van der Waals surface area contributed by atoms with E-state index in [-0.39, 0.29) is 11.9 Å². The van der Waals surface area contributed by atoms with Crippen molar-refractivity contribution >= 4 is 34.9 Å². The van der Waals surface area contributed by atoms with Gasteiger partial charge in [-0.1, -0.05) is 48.5 Å². The maximum Gasteiger partial charge on any atom is 0.337 e. The van der Waals surface area contributed by atoms with Gasteiger partial charge in [-0.15, -0.1) is 0 Å². The van der Waals surface area contributed by atoms with E-state index in [2.05, 4.69) is 10.6 Å². The zero-order valence-corrected chi connectivity index (χ0v) is 22.6. The van der Waals surface area contributed by atoms with Gasteiger partial charge in [0.1, 0.15) is 11.5 Å². The van der Waals surface area contributed by atoms with Crippen molar-refractivity contribution in [3.63, 3.8) is 0 Å². The molecule has 0 spiro atoms. The molecular weight excluding hydrogens is 494 g/mol. The van der Waals surface area contributed by atoms with Crippen molar-refractivity contribution in [3.05, 3.63) is 95.1 Å². The molecule has 1 amide bonds. The van der Waals surface area contributed by atoms with E-state index in [0.717, 1.165) is 16.7 Å². The standard InChI is InChI=1S/C31H33N3O5/c1-31(2,3)39-26(35)16-17-32-19-20-10-13-23(14-11-20)33-28(21-8-6-5-7-9-21)27-24-15-12-22(30(37)38-4)18-25(24)34-29(27)36/h5-15,18,27,32H,16-17,19H2,1-4H3,(H,34,36). The van der Waals surface area contributed by atoms with Gasteiger partial charge in [0.15, 0.2) is 0 Å². The number of benzene rings is 3. The van der Waals surface area contributed by atoms with E-state index in [1.54, 1.807) is 18.2 Å². The molecule has 1 unspecified atom stereocenters. The summed E-state index contributed by atoms with van der Waals surface area (Å²) in [6, 6.07) is 22.4. The second-order valence-electron chi connectivity index (χ2n) is 10.3. The van der Waals surface area contributed by atoms with Crippen molar-refractivity contribution in [2.24, 2.45) is 4.99 Å². The van der Waals surface area contributed by atoms with Crippen LogP contribution in [0.2, 0.25) is 0 Å². The van der Waals surface area contributed by atoms with Crippen molar-refractivity contribution in [3.8, 4) is 0 Å². The summed E-state index contributed by atoms with van der Waals surface area (Å²) >= 11 is 0. The Morgan fingerprint density at radius 1 is 0.974 bits per heavy atom. The summed E-state index contributed by atoms with van der Waals surface area (Å²) in [5, 5.41) is 6.15. The van der Waals surface area contributed by atoms with Crippen molar-refractivity contribution in [1.82, 2.24) is 5.32 Å². The summed E-state index contributed by atoms with van der Waals surface area (Å²) in [6.45, 7) is 6.67. The monoisotopic (exact) mass is 527 g/mol. The second kappa shape index (κ2) is 12.0. The normalized spacial score (nSPS) is 14.9. The lowest BCUT2D eigenvalue weighted by atomic mass is 9.90. The Morgan fingerprint density at radius 3 is 2.36 bits per heavy atom. The zero-order chi connectivity index (χ0) is 28.0. The minimum Gasteiger partial charge on any atom is -0.465 e. The van der Waals surface area contributed by atoms with E-state index >= 15 is 0 Å². The van der Waals surface area contributed by atoms with Gasteiger partial charge in [0.25, 0.3) is 0 Å². The second-order valence-corrected chi connectivity index (χ2v) is 10.3. The number of rotatable bonds is 9. The van der Waals surface area contributed by atoms with Crippen LogP contribution < -0.4 is 10.6 Å². The Balaban J connectivity index is 1.52. The van der Waals surface area contributed by atoms with Crippen LogP contribution in [0, 0.1) is 0 Å². The molecule has 1 heterocycles. The molecule has 8 nitrogen and oxygen atoms in total. The highest BCUT2D eigenvalue weighted by Crippen LogP contribution is 2.37. The van der Waals surface area contributed by atoms with Crippen LogP contribution in [0.15, 0.2) is 77.8 Å². The molecule has 4 rings (SSSR count). The summed E-state index contributed by atoms with van der Waals surface area (Å²) in [5.41, 5.74) is 4.39. The smallest absolute Gasteiger partial charge is 0.337 e. The van der Waals surface area contributed by atoms with Gasteiger partial charge in [-0.25, -0.2) is 4.79 Å². The molecule has 202 valence electrons. The minimum atomic E-state index is -0.636. The fourth-order valence-corrected chi connectivity index (χ4v) is 4.33. The predicted molar refractivity (Wildman–Crippen MR) is 150 cm³/mol. The van der Waals surface area contributed by atoms with Crippen molar-refractivity contribution < 1.29 is 23.9 Å². The van der Waals surface area contributed by atoms with E-state index in [4.69, 9.17) is 14.5 Å². The third-order valence-electron chi connectivity index (χ3n) is 6.09. The maximum absolute atomic E-state index is 13.2. The SMILES string of the molecule is COC(=O)c1ccc2c(c1)NC(=O)C2C(=Nc1ccc(CNCCC(=O)OC(C)(C)C)cc1)c1ccccc1. The predicted octanol–water partition coefficient (Wildman–Crippen LogP) is 5.15. The van der Waals surface area contributed by atoms with Crippen LogP contribution in [-0.4, -0.2) is 42.8 Å². The van der Waals surface area contributed by atoms with E-state index in [1.165, 1.54) is 7.11 Å². The van der Waals surface area contributed by atoms with E-state index in [9.17, 15) is 14.4 Å². The lowest BCUT2D eigenvalue weighted by Crippen LogP contribution is -2.26. The summed E-state index contributed by atoms with van der Waals surface area (Å²) < 4.78 is 10.1. The number of anilines is 1.